The van der Waals surface area contributed by atoms with E-state index in [1.165, 1.54) is 0 Å². The fraction of sp³-hybridized carbons (Fsp3) is 0.0870. The standard InChI is InChI=1S/C23H18F2N6O2/c1-14-4-2-6-16(10-14)23(33)26-18-7-3-5-15(11-18)22-28-30-31(29-22)13-21(32)27-20-9-8-17(24)12-19(20)25/h2-12H,13H2,1H3,(H,26,33)(H,27,32). The van der Waals surface area contributed by atoms with E-state index in [9.17, 15) is 18.4 Å². The van der Waals surface area contributed by atoms with Crippen molar-refractivity contribution >= 4 is 23.2 Å². The van der Waals surface area contributed by atoms with Crippen molar-refractivity contribution in [2.24, 2.45) is 0 Å². The molecule has 33 heavy (non-hydrogen) atoms. The van der Waals surface area contributed by atoms with Gasteiger partial charge in [0.25, 0.3) is 5.91 Å². The molecule has 0 atom stereocenters. The van der Waals surface area contributed by atoms with Gasteiger partial charge in [0.1, 0.15) is 18.2 Å². The number of hydrogen-bond donors (Lipinski definition) is 2. The summed E-state index contributed by atoms with van der Waals surface area (Å²) in [6.07, 6.45) is 0. The molecule has 0 saturated heterocycles. The Balaban J connectivity index is 1.43. The van der Waals surface area contributed by atoms with Crippen molar-refractivity contribution in [1.29, 1.82) is 0 Å². The molecule has 0 spiro atoms. The lowest BCUT2D eigenvalue weighted by molar-refractivity contribution is -0.117. The Morgan fingerprint density at radius 1 is 0.970 bits per heavy atom. The van der Waals surface area contributed by atoms with Crippen LogP contribution in [0.3, 0.4) is 0 Å². The summed E-state index contributed by atoms with van der Waals surface area (Å²) in [4.78, 5) is 25.7. The van der Waals surface area contributed by atoms with Crippen molar-refractivity contribution in [3.63, 3.8) is 0 Å². The summed E-state index contributed by atoms with van der Waals surface area (Å²) >= 11 is 0. The van der Waals surface area contributed by atoms with Crippen molar-refractivity contribution in [3.05, 3.63) is 89.5 Å². The number of tetrazole rings is 1. The number of aromatic nitrogens is 4. The maximum absolute atomic E-state index is 13.7. The molecule has 0 bridgehead atoms. The maximum atomic E-state index is 13.7. The Morgan fingerprint density at radius 2 is 1.79 bits per heavy atom. The van der Waals surface area contributed by atoms with Crippen LogP contribution >= 0.6 is 0 Å². The van der Waals surface area contributed by atoms with Gasteiger partial charge in [-0.05, 0) is 48.5 Å². The molecule has 3 aromatic carbocycles. The normalized spacial score (nSPS) is 10.6. The summed E-state index contributed by atoms with van der Waals surface area (Å²) in [7, 11) is 0. The van der Waals surface area contributed by atoms with Crippen LogP contribution in [0.25, 0.3) is 11.4 Å². The molecule has 0 aliphatic rings. The first-order valence-corrected chi connectivity index (χ1v) is 9.88. The fourth-order valence-corrected chi connectivity index (χ4v) is 3.06. The number of aryl methyl sites for hydroxylation is 1. The van der Waals surface area contributed by atoms with Gasteiger partial charge in [0.2, 0.25) is 11.7 Å². The second-order valence-corrected chi connectivity index (χ2v) is 7.22. The van der Waals surface area contributed by atoms with Gasteiger partial charge in [0.05, 0.1) is 5.69 Å². The van der Waals surface area contributed by atoms with E-state index >= 15 is 0 Å². The van der Waals surface area contributed by atoms with Crippen molar-refractivity contribution in [1.82, 2.24) is 20.2 Å². The Kier molecular flexibility index (Phi) is 6.16. The van der Waals surface area contributed by atoms with E-state index in [1.54, 1.807) is 36.4 Å². The quantitative estimate of drug-likeness (QED) is 0.467. The zero-order chi connectivity index (χ0) is 23.4. The predicted octanol–water partition coefficient (Wildman–Crippen LogP) is 3.82. The van der Waals surface area contributed by atoms with Gasteiger partial charge in [-0.2, -0.15) is 4.80 Å². The lowest BCUT2D eigenvalue weighted by Crippen LogP contribution is -2.21. The van der Waals surface area contributed by atoms with Gasteiger partial charge < -0.3 is 10.6 Å². The van der Waals surface area contributed by atoms with Gasteiger partial charge in [0, 0.05) is 22.9 Å². The molecule has 0 radical (unpaired) electrons. The van der Waals surface area contributed by atoms with Crippen LogP contribution in [0.5, 0.6) is 0 Å². The maximum Gasteiger partial charge on any atom is 0.255 e. The summed E-state index contributed by atoms with van der Waals surface area (Å²) in [5, 5.41) is 17.1. The van der Waals surface area contributed by atoms with Crippen molar-refractivity contribution in [3.8, 4) is 11.4 Å². The Hall–Kier alpha value is -4.47. The average Bonchev–Trinajstić information content (AvgIpc) is 3.24. The second-order valence-electron chi connectivity index (χ2n) is 7.22. The van der Waals surface area contributed by atoms with Crippen LogP contribution in [0.15, 0.2) is 66.7 Å². The molecule has 2 N–H and O–H groups in total. The smallest absolute Gasteiger partial charge is 0.255 e. The largest absolute Gasteiger partial charge is 0.322 e. The van der Waals surface area contributed by atoms with E-state index in [0.717, 1.165) is 22.5 Å². The van der Waals surface area contributed by atoms with Crippen molar-refractivity contribution < 1.29 is 18.4 Å². The third-order valence-corrected chi connectivity index (χ3v) is 4.60. The molecule has 10 heteroatoms. The highest BCUT2D eigenvalue weighted by Gasteiger charge is 2.13. The van der Waals surface area contributed by atoms with Crippen LogP contribution in [0.2, 0.25) is 0 Å². The average molecular weight is 448 g/mol. The van der Waals surface area contributed by atoms with E-state index < -0.39 is 17.5 Å². The van der Waals surface area contributed by atoms with E-state index in [2.05, 4.69) is 26.0 Å². The molecule has 1 aromatic heterocycles. The first kappa shape index (κ1) is 21.8. The number of nitrogens with one attached hydrogen (secondary N) is 2. The number of halogens is 2. The van der Waals surface area contributed by atoms with Crippen LogP contribution in [-0.2, 0) is 11.3 Å². The van der Waals surface area contributed by atoms with Crippen LogP contribution in [0.1, 0.15) is 15.9 Å². The number of carbonyl (C=O) groups is 2. The van der Waals surface area contributed by atoms with Gasteiger partial charge in [-0.3, -0.25) is 9.59 Å². The molecule has 8 nitrogen and oxygen atoms in total. The first-order valence-electron chi connectivity index (χ1n) is 9.88. The molecule has 0 fully saturated rings. The topological polar surface area (TPSA) is 102 Å². The number of amides is 2. The van der Waals surface area contributed by atoms with Crippen LogP contribution in [0.4, 0.5) is 20.2 Å². The number of carbonyl (C=O) groups excluding carboxylic acids is 2. The van der Waals surface area contributed by atoms with Gasteiger partial charge in [0.15, 0.2) is 0 Å². The summed E-state index contributed by atoms with van der Waals surface area (Å²) in [5.41, 5.74) is 2.48. The molecule has 1 heterocycles. The highest BCUT2D eigenvalue weighted by Crippen LogP contribution is 2.20. The van der Waals surface area contributed by atoms with Crippen LogP contribution in [0, 0.1) is 18.6 Å². The lowest BCUT2D eigenvalue weighted by atomic mass is 10.1. The molecule has 166 valence electrons. The lowest BCUT2D eigenvalue weighted by Gasteiger charge is -2.07. The predicted molar refractivity (Wildman–Crippen MR) is 117 cm³/mol. The number of hydrogen-bond acceptors (Lipinski definition) is 5. The van der Waals surface area contributed by atoms with Gasteiger partial charge in [-0.1, -0.05) is 29.8 Å². The molecule has 0 unspecified atom stereocenters. The van der Waals surface area contributed by atoms with Crippen LogP contribution in [-0.4, -0.2) is 32.0 Å². The second kappa shape index (κ2) is 9.35. The van der Waals surface area contributed by atoms with E-state index in [4.69, 9.17) is 0 Å². The SMILES string of the molecule is Cc1cccc(C(=O)Nc2cccc(-c3nnn(CC(=O)Nc4ccc(F)cc4F)n3)c2)c1. The number of anilines is 2. The molecule has 2 amide bonds. The first-order chi connectivity index (χ1) is 15.9. The number of benzene rings is 3. The summed E-state index contributed by atoms with van der Waals surface area (Å²) in [5.74, 6) is -2.26. The Labute approximate surface area is 187 Å². The molecule has 0 aliphatic heterocycles. The fourth-order valence-electron chi connectivity index (χ4n) is 3.06. The van der Waals surface area contributed by atoms with Crippen LogP contribution < -0.4 is 10.6 Å². The molecule has 4 aromatic rings. The Morgan fingerprint density at radius 3 is 2.58 bits per heavy atom. The van der Waals surface area contributed by atoms with Gasteiger partial charge in [-0.25, -0.2) is 8.78 Å². The summed E-state index contributed by atoms with van der Waals surface area (Å²) < 4.78 is 26.7. The van der Waals surface area contributed by atoms with Crippen molar-refractivity contribution in [2.45, 2.75) is 13.5 Å². The summed E-state index contributed by atoms with van der Waals surface area (Å²) in [6.45, 7) is 1.58. The Bertz CT molecular complexity index is 1340. The minimum absolute atomic E-state index is 0.154. The number of rotatable bonds is 6. The minimum atomic E-state index is -0.889. The molecular formula is C23H18F2N6O2. The minimum Gasteiger partial charge on any atom is -0.322 e. The van der Waals surface area contributed by atoms with E-state index in [0.29, 0.717) is 22.9 Å². The molecule has 0 saturated carbocycles. The molecule has 0 aliphatic carbocycles. The van der Waals surface area contributed by atoms with E-state index in [1.807, 2.05) is 19.1 Å². The van der Waals surface area contributed by atoms with Crippen molar-refractivity contribution in [2.75, 3.05) is 10.6 Å². The monoisotopic (exact) mass is 448 g/mol. The highest BCUT2D eigenvalue weighted by atomic mass is 19.1. The highest BCUT2D eigenvalue weighted by molar-refractivity contribution is 6.04. The zero-order valence-corrected chi connectivity index (χ0v) is 17.4. The van der Waals surface area contributed by atoms with E-state index in [-0.39, 0.29) is 24.0 Å². The summed E-state index contributed by atoms with van der Waals surface area (Å²) in [6, 6.07) is 16.9. The third kappa shape index (κ3) is 5.42. The molecule has 4 rings (SSSR count). The third-order valence-electron chi connectivity index (χ3n) is 4.60. The number of nitrogens with zero attached hydrogens (tertiary/aromatic N) is 4. The zero-order valence-electron chi connectivity index (χ0n) is 17.4. The van der Waals surface area contributed by atoms with Gasteiger partial charge >= 0.3 is 0 Å². The van der Waals surface area contributed by atoms with Gasteiger partial charge in [-0.15, -0.1) is 10.2 Å². The molecular weight excluding hydrogens is 430 g/mol.